The molecular weight excluding hydrogens is 563 g/mol. The van der Waals surface area contributed by atoms with Crippen LogP contribution in [0.3, 0.4) is 0 Å². The number of hydrogen-bond donors (Lipinski definition) is 2. The second-order valence-corrected chi connectivity index (χ2v) is 12.0. The van der Waals surface area contributed by atoms with E-state index in [0.29, 0.717) is 23.4 Å². The van der Waals surface area contributed by atoms with E-state index in [1.165, 1.54) is 23.0 Å². The highest BCUT2D eigenvalue weighted by Gasteiger charge is 2.46. The number of alkyl halides is 3. The molecule has 0 unspecified atom stereocenters. The number of anilines is 1. The summed E-state index contributed by atoms with van der Waals surface area (Å²) < 4.78 is 67.3. The molecule has 39 heavy (non-hydrogen) atoms. The Bertz CT molecular complexity index is 1590. The summed E-state index contributed by atoms with van der Waals surface area (Å²) in [5.41, 5.74) is 0.970. The van der Waals surface area contributed by atoms with E-state index in [2.05, 4.69) is 20.7 Å². The Labute approximate surface area is 225 Å². The van der Waals surface area contributed by atoms with Crippen LogP contribution < -0.4 is 15.4 Å². The molecule has 2 amide bonds. The molecule has 1 aliphatic carbocycles. The zero-order valence-electron chi connectivity index (χ0n) is 20.3. The first-order valence-corrected chi connectivity index (χ1v) is 14.0. The SMILES string of the molecule is CS(=O)(=O)CC(=O)Nc1c(-c2ccc(Cl)cn2)nn2c1C(=O)N[C@@]1(CCc3cc(OCC(F)(F)F)ccc31)C2. The Morgan fingerprint density at radius 2 is 2.05 bits per heavy atom. The maximum Gasteiger partial charge on any atom is 0.422 e. The van der Waals surface area contributed by atoms with E-state index in [0.717, 1.165) is 11.8 Å². The quantitative estimate of drug-likeness (QED) is 0.456. The summed E-state index contributed by atoms with van der Waals surface area (Å²) in [6.07, 6.45) is -1.28. The first kappa shape index (κ1) is 26.9. The minimum atomic E-state index is -4.47. The summed E-state index contributed by atoms with van der Waals surface area (Å²) >= 11 is 5.95. The number of aryl methyl sites for hydroxylation is 1. The lowest BCUT2D eigenvalue weighted by molar-refractivity contribution is -0.153. The molecule has 1 aliphatic heterocycles. The van der Waals surface area contributed by atoms with E-state index in [4.69, 9.17) is 16.3 Å². The number of nitrogens with zero attached hydrogens (tertiary/aromatic N) is 3. The van der Waals surface area contributed by atoms with Gasteiger partial charge in [-0.2, -0.15) is 18.3 Å². The Morgan fingerprint density at radius 3 is 2.72 bits per heavy atom. The monoisotopic (exact) mass is 583 g/mol. The standard InChI is InChI=1S/C24H21ClF3N5O5S/c1-39(36,37)10-18(34)30-20-19(17-5-2-14(25)9-29-17)32-33-11-23(31-22(35)21(20)33)7-6-13-8-15(3-4-16(13)23)38-12-24(26,27)28/h2-5,8-9H,6-7,10-12H2,1H3,(H,30,34)(H,31,35)/t23-/m0/s1. The molecule has 10 nitrogen and oxygen atoms in total. The number of nitrogens with one attached hydrogen (secondary N) is 2. The second kappa shape index (κ2) is 9.52. The summed E-state index contributed by atoms with van der Waals surface area (Å²) in [4.78, 5) is 30.2. The van der Waals surface area contributed by atoms with Crippen LogP contribution in [0, 0.1) is 0 Å². The third-order valence-electron chi connectivity index (χ3n) is 6.38. The molecule has 0 bridgehead atoms. The summed E-state index contributed by atoms with van der Waals surface area (Å²) in [7, 11) is -3.66. The third kappa shape index (κ3) is 5.57. The lowest BCUT2D eigenvalue weighted by Gasteiger charge is -2.36. The van der Waals surface area contributed by atoms with Crippen molar-refractivity contribution in [1.29, 1.82) is 0 Å². The van der Waals surface area contributed by atoms with Gasteiger partial charge in [-0.15, -0.1) is 0 Å². The highest BCUT2D eigenvalue weighted by molar-refractivity contribution is 7.91. The number of fused-ring (bicyclic) bond motifs is 3. The van der Waals surface area contributed by atoms with Crippen molar-refractivity contribution in [2.45, 2.75) is 31.1 Å². The van der Waals surface area contributed by atoms with Crippen molar-refractivity contribution in [1.82, 2.24) is 20.1 Å². The normalized spacial score (nSPS) is 18.4. The van der Waals surface area contributed by atoms with Crippen LogP contribution in [-0.4, -0.2) is 59.8 Å². The van der Waals surface area contributed by atoms with Crippen molar-refractivity contribution in [3.05, 3.63) is 58.4 Å². The van der Waals surface area contributed by atoms with Gasteiger partial charge in [-0.3, -0.25) is 19.3 Å². The second-order valence-electron chi connectivity index (χ2n) is 9.47. The lowest BCUT2D eigenvalue weighted by Crippen LogP contribution is -2.52. The van der Waals surface area contributed by atoms with Crippen LogP contribution >= 0.6 is 11.6 Å². The van der Waals surface area contributed by atoms with E-state index in [1.54, 1.807) is 18.2 Å². The van der Waals surface area contributed by atoms with Gasteiger partial charge >= 0.3 is 6.18 Å². The average molecular weight is 584 g/mol. The summed E-state index contributed by atoms with van der Waals surface area (Å²) in [6, 6.07) is 7.67. The maximum absolute atomic E-state index is 13.5. The van der Waals surface area contributed by atoms with Crippen molar-refractivity contribution in [2.24, 2.45) is 0 Å². The van der Waals surface area contributed by atoms with Gasteiger partial charge in [0.2, 0.25) is 5.91 Å². The fourth-order valence-corrected chi connectivity index (χ4v) is 5.54. The molecule has 2 aromatic heterocycles. The zero-order valence-corrected chi connectivity index (χ0v) is 21.9. The van der Waals surface area contributed by atoms with Gasteiger partial charge in [0, 0.05) is 12.5 Å². The van der Waals surface area contributed by atoms with Gasteiger partial charge in [-0.25, -0.2) is 8.42 Å². The van der Waals surface area contributed by atoms with Gasteiger partial charge in [0.1, 0.15) is 22.9 Å². The van der Waals surface area contributed by atoms with Crippen LogP contribution in [0.4, 0.5) is 18.9 Å². The number of ether oxygens (including phenoxy) is 1. The number of pyridine rings is 1. The van der Waals surface area contributed by atoms with Gasteiger partial charge in [0.15, 0.2) is 22.1 Å². The number of hydrogen-bond acceptors (Lipinski definition) is 7. The Balaban J connectivity index is 1.52. The van der Waals surface area contributed by atoms with E-state index in [-0.39, 0.29) is 35.1 Å². The molecule has 2 N–H and O–H groups in total. The van der Waals surface area contributed by atoms with E-state index in [9.17, 15) is 31.2 Å². The highest BCUT2D eigenvalue weighted by Crippen LogP contribution is 2.44. The Kier molecular flexibility index (Phi) is 6.58. The first-order valence-electron chi connectivity index (χ1n) is 11.6. The van der Waals surface area contributed by atoms with Crippen LogP contribution in [0.5, 0.6) is 5.75 Å². The number of rotatable bonds is 6. The number of carbonyl (C=O) groups excluding carboxylic acids is 2. The molecule has 1 spiro atoms. The van der Waals surface area contributed by atoms with Crippen LogP contribution in [0.15, 0.2) is 36.5 Å². The molecule has 0 saturated heterocycles. The van der Waals surface area contributed by atoms with Gasteiger partial charge in [0.05, 0.1) is 22.8 Å². The number of aromatic nitrogens is 3. The molecule has 1 aromatic carbocycles. The Morgan fingerprint density at radius 1 is 1.28 bits per heavy atom. The van der Waals surface area contributed by atoms with Gasteiger partial charge in [-0.1, -0.05) is 17.7 Å². The lowest BCUT2D eigenvalue weighted by atomic mass is 9.89. The number of amides is 2. The molecule has 3 aromatic rings. The van der Waals surface area contributed by atoms with Crippen LogP contribution in [0.25, 0.3) is 11.4 Å². The van der Waals surface area contributed by atoms with E-state index in [1.807, 2.05) is 0 Å². The molecule has 206 valence electrons. The van der Waals surface area contributed by atoms with E-state index >= 15 is 0 Å². The average Bonchev–Trinajstić information content (AvgIpc) is 3.35. The van der Waals surface area contributed by atoms with Crippen LogP contribution in [0.2, 0.25) is 5.02 Å². The van der Waals surface area contributed by atoms with Crippen LogP contribution in [-0.2, 0) is 33.1 Å². The van der Waals surface area contributed by atoms with Crippen molar-refractivity contribution in [3.63, 3.8) is 0 Å². The molecule has 15 heteroatoms. The topological polar surface area (TPSA) is 132 Å². The smallest absolute Gasteiger partial charge is 0.422 e. The predicted octanol–water partition coefficient (Wildman–Crippen LogP) is 3.11. The number of carbonyl (C=O) groups is 2. The van der Waals surface area contributed by atoms with Gasteiger partial charge < -0.3 is 15.4 Å². The molecule has 0 radical (unpaired) electrons. The minimum absolute atomic E-state index is 0.0000542. The molecule has 3 heterocycles. The molecule has 0 fully saturated rings. The van der Waals surface area contributed by atoms with Crippen molar-refractivity contribution in [3.8, 4) is 17.1 Å². The number of benzene rings is 1. The molecular formula is C24H21ClF3N5O5S. The largest absolute Gasteiger partial charge is 0.484 e. The van der Waals surface area contributed by atoms with Crippen molar-refractivity contribution >= 4 is 38.9 Å². The zero-order chi connectivity index (χ0) is 28.2. The molecule has 5 rings (SSSR count). The maximum atomic E-state index is 13.5. The highest BCUT2D eigenvalue weighted by atomic mass is 35.5. The van der Waals surface area contributed by atoms with Crippen molar-refractivity contribution < 1.29 is 35.9 Å². The van der Waals surface area contributed by atoms with Crippen LogP contribution in [0.1, 0.15) is 28.0 Å². The first-order chi connectivity index (χ1) is 18.2. The van der Waals surface area contributed by atoms with Gasteiger partial charge in [0.25, 0.3) is 5.91 Å². The summed E-state index contributed by atoms with van der Waals surface area (Å²) in [5, 5.41) is 10.4. The van der Waals surface area contributed by atoms with E-state index < -0.39 is 45.7 Å². The number of halogens is 4. The van der Waals surface area contributed by atoms with Gasteiger partial charge in [-0.05, 0) is 48.2 Å². The summed E-state index contributed by atoms with van der Waals surface area (Å²) in [6.45, 7) is -1.27. The Hall–Kier alpha value is -3.65. The number of sulfone groups is 1. The fraction of sp³-hybridized carbons (Fsp3) is 0.333. The molecule has 2 aliphatic rings. The molecule has 0 saturated carbocycles. The third-order valence-corrected chi connectivity index (χ3v) is 7.39. The fourth-order valence-electron chi connectivity index (χ4n) is 4.88. The van der Waals surface area contributed by atoms with Crippen molar-refractivity contribution in [2.75, 3.05) is 23.9 Å². The minimum Gasteiger partial charge on any atom is -0.484 e. The molecule has 1 atom stereocenters. The summed E-state index contributed by atoms with van der Waals surface area (Å²) in [5.74, 6) is -2.16. The predicted molar refractivity (Wildman–Crippen MR) is 134 cm³/mol.